The number of benzene rings is 1. The van der Waals surface area contributed by atoms with E-state index in [1.54, 1.807) is 20.3 Å². The highest BCUT2D eigenvalue weighted by molar-refractivity contribution is 6.32. The lowest BCUT2D eigenvalue weighted by atomic mass is 10.2. The van der Waals surface area contributed by atoms with Gasteiger partial charge < -0.3 is 14.8 Å². The van der Waals surface area contributed by atoms with Crippen LogP contribution in [0.5, 0.6) is 11.5 Å². The van der Waals surface area contributed by atoms with Crippen molar-refractivity contribution in [2.75, 3.05) is 19.5 Å². The molecule has 1 aromatic carbocycles. The summed E-state index contributed by atoms with van der Waals surface area (Å²) in [7, 11) is 3.13. The summed E-state index contributed by atoms with van der Waals surface area (Å²) in [6.45, 7) is 0.549. The molecule has 0 aliphatic carbocycles. The minimum absolute atomic E-state index is 0.445. The number of halogens is 2. The summed E-state index contributed by atoms with van der Waals surface area (Å²) in [5.74, 6) is 1.82. The van der Waals surface area contributed by atoms with Crippen LogP contribution < -0.4 is 14.8 Å². The highest BCUT2D eigenvalue weighted by Crippen LogP contribution is 2.36. The lowest BCUT2D eigenvalue weighted by molar-refractivity contribution is 0.355. The molecule has 0 atom stereocenters. The van der Waals surface area contributed by atoms with Crippen molar-refractivity contribution < 1.29 is 9.47 Å². The van der Waals surface area contributed by atoms with Crippen LogP contribution in [0.3, 0.4) is 0 Å². The first-order valence-electron chi connectivity index (χ1n) is 5.91. The lowest BCUT2D eigenvalue weighted by Gasteiger charge is -2.12. The highest BCUT2D eigenvalue weighted by atomic mass is 35.5. The first kappa shape index (κ1) is 14.8. The van der Waals surface area contributed by atoms with Crippen LogP contribution in [0.15, 0.2) is 30.3 Å². The van der Waals surface area contributed by atoms with E-state index >= 15 is 0 Å². The van der Waals surface area contributed by atoms with E-state index in [2.05, 4.69) is 10.3 Å². The second-order valence-corrected chi connectivity index (χ2v) is 4.81. The number of anilines is 1. The molecule has 1 aromatic heterocycles. The Morgan fingerprint density at radius 3 is 2.60 bits per heavy atom. The van der Waals surface area contributed by atoms with Gasteiger partial charge in [-0.25, -0.2) is 4.98 Å². The summed E-state index contributed by atoms with van der Waals surface area (Å²) in [5.41, 5.74) is 0.953. The van der Waals surface area contributed by atoms with Crippen LogP contribution in [-0.4, -0.2) is 19.2 Å². The molecular weight excluding hydrogens is 299 g/mol. The van der Waals surface area contributed by atoms with Crippen LogP contribution >= 0.6 is 23.2 Å². The Hall–Kier alpha value is -1.65. The van der Waals surface area contributed by atoms with Crippen LogP contribution in [0.25, 0.3) is 0 Å². The molecule has 0 saturated carbocycles. The van der Waals surface area contributed by atoms with Crippen LogP contribution in [0.2, 0.25) is 10.2 Å². The van der Waals surface area contributed by atoms with E-state index in [0.717, 1.165) is 5.56 Å². The summed E-state index contributed by atoms with van der Waals surface area (Å²) in [4.78, 5) is 4.15. The van der Waals surface area contributed by atoms with E-state index < -0.39 is 0 Å². The summed E-state index contributed by atoms with van der Waals surface area (Å²) in [6, 6.07) is 9.08. The number of hydrogen-bond donors (Lipinski definition) is 1. The molecular formula is C14H14Cl2N2O2. The fraction of sp³-hybridized carbons (Fsp3) is 0.214. The molecule has 1 N–H and O–H groups in total. The van der Waals surface area contributed by atoms with Crippen molar-refractivity contribution >= 4 is 29.0 Å². The van der Waals surface area contributed by atoms with Gasteiger partial charge in [0.2, 0.25) is 0 Å². The monoisotopic (exact) mass is 312 g/mol. The Kier molecular flexibility index (Phi) is 4.93. The molecule has 4 nitrogen and oxygen atoms in total. The Balaban J connectivity index is 2.16. The first-order valence-corrected chi connectivity index (χ1v) is 6.66. The average Bonchev–Trinajstić information content (AvgIpc) is 2.44. The van der Waals surface area contributed by atoms with E-state index in [1.165, 1.54) is 0 Å². The zero-order valence-corrected chi connectivity index (χ0v) is 12.6. The smallest absolute Gasteiger partial charge is 0.179 e. The van der Waals surface area contributed by atoms with Crippen molar-refractivity contribution in [3.8, 4) is 11.5 Å². The first-order chi connectivity index (χ1) is 9.63. The molecule has 20 heavy (non-hydrogen) atoms. The number of aromatic nitrogens is 1. The molecule has 6 heteroatoms. The molecule has 0 spiro atoms. The Morgan fingerprint density at radius 2 is 1.95 bits per heavy atom. The zero-order valence-electron chi connectivity index (χ0n) is 11.1. The molecule has 0 bridgehead atoms. The quantitative estimate of drug-likeness (QED) is 0.847. The number of nitrogens with one attached hydrogen (secondary N) is 1. The highest BCUT2D eigenvalue weighted by Gasteiger charge is 2.10. The molecule has 0 radical (unpaired) electrons. The molecule has 0 aliphatic heterocycles. The molecule has 0 aliphatic rings. The predicted molar refractivity (Wildman–Crippen MR) is 81.1 cm³/mol. The number of rotatable bonds is 5. The Morgan fingerprint density at radius 1 is 1.15 bits per heavy atom. The van der Waals surface area contributed by atoms with Gasteiger partial charge in [-0.2, -0.15) is 0 Å². The van der Waals surface area contributed by atoms with Crippen LogP contribution in [0.4, 0.5) is 5.82 Å². The fourth-order valence-electron chi connectivity index (χ4n) is 1.77. The number of methoxy groups -OCH3 is 2. The Labute approximate surface area is 127 Å². The zero-order chi connectivity index (χ0) is 14.5. The second-order valence-electron chi connectivity index (χ2n) is 4.01. The molecule has 106 valence electrons. The van der Waals surface area contributed by atoms with Crippen molar-refractivity contribution in [3.05, 3.63) is 46.1 Å². The molecule has 0 fully saturated rings. The van der Waals surface area contributed by atoms with Gasteiger partial charge in [0, 0.05) is 6.54 Å². The molecule has 0 unspecified atom stereocenters. The maximum atomic E-state index is 6.15. The van der Waals surface area contributed by atoms with Gasteiger partial charge in [0.15, 0.2) is 11.5 Å². The van der Waals surface area contributed by atoms with Crippen LogP contribution in [0, 0.1) is 0 Å². The van der Waals surface area contributed by atoms with Gasteiger partial charge in [0.25, 0.3) is 0 Å². The third-order valence-corrected chi connectivity index (χ3v) is 3.17. The number of nitrogens with zero attached hydrogens (tertiary/aromatic N) is 1. The van der Waals surface area contributed by atoms with Gasteiger partial charge in [-0.3, -0.25) is 0 Å². The third-order valence-electron chi connectivity index (χ3n) is 2.68. The van der Waals surface area contributed by atoms with Gasteiger partial charge in [-0.15, -0.1) is 0 Å². The van der Waals surface area contributed by atoms with Crippen molar-refractivity contribution in [2.45, 2.75) is 6.54 Å². The minimum atomic E-state index is 0.445. The largest absolute Gasteiger partial charge is 0.493 e. The van der Waals surface area contributed by atoms with Gasteiger partial charge in [0.1, 0.15) is 11.0 Å². The van der Waals surface area contributed by atoms with Gasteiger partial charge in [-0.1, -0.05) is 29.3 Å². The van der Waals surface area contributed by atoms with E-state index in [9.17, 15) is 0 Å². The van der Waals surface area contributed by atoms with Crippen molar-refractivity contribution in [2.24, 2.45) is 0 Å². The molecule has 2 rings (SSSR count). The van der Waals surface area contributed by atoms with Crippen molar-refractivity contribution in [1.29, 1.82) is 0 Å². The third kappa shape index (κ3) is 3.46. The standard InChI is InChI=1S/C14H14Cl2N2O2/c1-19-11-7-9(6-10(15)14(11)20-2)8-17-13-5-3-4-12(16)18-13/h3-7H,8H2,1-2H3,(H,17,18). The summed E-state index contributed by atoms with van der Waals surface area (Å²) in [5, 5.41) is 4.11. The molecule has 2 aromatic rings. The fourth-order valence-corrected chi connectivity index (χ4v) is 2.25. The second kappa shape index (κ2) is 6.68. The van der Waals surface area contributed by atoms with Gasteiger partial charge >= 0.3 is 0 Å². The summed E-state index contributed by atoms with van der Waals surface area (Å²) < 4.78 is 10.4. The maximum Gasteiger partial charge on any atom is 0.179 e. The molecule has 0 amide bonds. The normalized spacial score (nSPS) is 10.2. The average molecular weight is 313 g/mol. The van der Waals surface area contributed by atoms with Crippen molar-refractivity contribution in [1.82, 2.24) is 4.98 Å². The molecule has 0 saturated heterocycles. The van der Waals surface area contributed by atoms with Gasteiger partial charge in [0.05, 0.1) is 19.2 Å². The number of pyridine rings is 1. The predicted octanol–water partition coefficient (Wildman–Crippen LogP) is 4.02. The van der Waals surface area contributed by atoms with E-state index in [0.29, 0.717) is 34.0 Å². The maximum absolute atomic E-state index is 6.15. The molecule has 1 heterocycles. The van der Waals surface area contributed by atoms with E-state index in [4.69, 9.17) is 32.7 Å². The lowest BCUT2D eigenvalue weighted by Crippen LogP contribution is -2.02. The number of hydrogen-bond acceptors (Lipinski definition) is 4. The van der Waals surface area contributed by atoms with E-state index in [1.807, 2.05) is 24.3 Å². The summed E-state index contributed by atoms with van der Waals surface area (Å²) in [6.07, 6.45) is 0. The van der Waals surface area contributed by atoms with E-state index in [-0.39, 0.29) is 0 Å². The van der Waals surface area contributed by atoms with Crippen LogP contribution in [0.1, 0.15) is 5.56 Å². The van der Waals surface area contributed by atoms with Gasteiger partial charge in [-0.05, 0) is 29.8 Å². The SMILES string of the molecule is COc1cc(CNc2cccc(Cl)n2)cc(Cl)c1OC. The van der Waals surface area contributed by atoms with Crippen molar-refractivity contribution in [3.63, 3.8) is 0 Å². The van der Waals surface area contributed by atoms with Crippen LogP contribution in [-0.2, 0) is 6.54 Å². The summed E-state index contributed by atoms with van der Waals surface area (Å²) >= 11 is 12.0. The minimum Gasteiger partial charge on any atom is -0.493 e. The Bertz CT molecular complexity index is 606. The number of ether oxygens (including phenoxy) is 2. The topological polar surface area (TPSA) is 43.4 Å².